The van der Waals surface area contributed by atoms with Crippen molar-refractivity contribution < 1.29 is 23.5 Å². The molecule has 0 aliphatic carbocycles. The van der Waals surface area contributed by atoms with Gasteiger partial charge in [0.15, 0.2) is 0 Å². The highest BCUT2D eigenvalue weighted by molar-refractivity contribution is 7.08. The standard InChI is InChI=1S/C17H18FNO4S/c18-14-3-5-15(6-4-14)22-9-10-23-16(20)2-1-8-19-17(21)13-7-11-24-12-13/h3-7,11-12H,1-2,8-10H2,(H,19,21). The van der Waals surface area contributed by atoms with Gasteiger partial charge in [0, 0.05) is 23.9 Å². The quantitative estimate of drug-likeness (QED) is 0.557. The maximum absolute atomic E-state index is 12.7. The number of hydrogen-bond acceptors (Lipinski definition) is 5. The highest BCUT2D eigenvalue weighted by Gasteiger charge is 2.06. The number of benzene rings is 1. The van der Waals surface area contributed by atoms with E-state index in [1.54, 1.807) is 11.4 Å². The lowest BCUT2D eigenvalue weighted by Crippen LogP contribution is -2.24. The van der Waals surface area contributed by atoms with Gasteiger partial charge < -0.3 is 14.8 Å². The maximum atomic E-state index is 12.7. The number of hydrogen-bond donors (Lipinski definition) is 1. The smallest absolute Gasteiger partial charge is 0.305 e. The van der Waals surface area contributed by atoms with Gasteiger partial charge in [0.2, 0.25) is 0 Å². The van der Waals surface area contributed by atoms with Crippen molar-refractivity contribution in [1.29, 1.82) is 0 Å². The summed E-state index contributed by atoms with van der Waals surface area (Å²) >= 11 is 1.46. The maximum Gasteiger partial charge on any atom is 0.305 e. The normalized spacial score (nSPS) is 10.2. The topological polar surface area (TPSA) is 64.6 Å². The molecule has 0 radical (unpaired) electrons. The molecule has 0 spiro atoms. The molecule has 5 nitrogen and oxygen atoms in total. The van der Waals surface area contributed by atoms with E-state index in [1.165, 1.54) is 35.6 Å². The van der Waals surface area contributed by atoms with Crippen LogP contribution >= 0.6 is 11.3 Å². The van der Waals surface area contributed by atoms with Crippen molar-refractivity contribution in [3.8, 4) is 5.75 Å². The highest BCUT2D eigenvalue weighted by Crippen LogP contribution is 2.10. The van der Waals surface area contributed by atoms with Crippen molar-refractivity contribution in [2.75, 3.05) is 19.8 Å². The molecule has 1 heterocycles. The van der Waals surface area contributed by atoms with Crippen molar-refractivity contribution in [2.45, 2.75) is 12.8 Å². The number of carbonyl (C=O) groups is 2. The molecular weight excluding hydrogens is 333 g/mol. The number of amides is 1. The van der Waals surface area contributed by atoms with Gasteiger partial charge in [-0.25, -0.2) is 4.39 Å². The van der Waals surface area contributed by atoms with E-state index in [1.807, 2.05) is 5.38 Å². The third kappa shape index (κ3) is 6.37. The third-order valence-corrected chi connectivity index (χ3v) is 3.74. The van der Waals surface area contributed by atoms with Gasteiger partial charge in [-0.3, -0.25) is 9.59 Å². The number of rotatable bonds is 9. The summed E-state index contributed by atoms with van der Waals surface area (Å²) < 4.78 is 23.0. The molecule has 24 heavy (non-hydrogen) atoms. The molecule has 0 atom stereocenters. The second kappa shape index (κ2) is 9.67. The highest BCUT2D eigenvalue weighted by atomic mass is 32.1. The van der Waals surface area contributed by atoms with Crippen molar-refractivity contribution >= 4 is 23.2 Å². The van der Waals surface area contributed by atoms with Gasteiger partial charge in [0.1, 0.15) is 24.8 Å². The predicted molar refractivity (Wildman–Crippen MR) is 88.7 cm³/mol. The van der Waals surface area contributed by atoms with Gasteiger partial charge in [-0.05, 0) is 42.1 Å². The first-order valence-corrected chi connectivity index (χ1v) is 8.44. The fourth-order valence-electron chi connectivity index (χ4n) is 1.85. The summed E-state index contributed by atoms with van der Waals surface area (Å²) in [7, 11) is 0. The fraction of sp³-hybridized carbons (Fsp3) is 0.294. The Balaban J connectivity index is 1.50. The van der Waals surface area contributed by atoms with Crippen molar-refractivity contribution in [1.82, 2.24) is 5.32 Å². The van der Waals surface area contributed by atoms with Crippen molar-refractivity contribution in [3.63, 3.8) is 0 Å². The molecule has 0 saturated heterocycles. The minimum atomic E-state index is -0.345. The summed E-state index contributed by atoms with van der Waals surface area (Å²) in [5, 5.41) is 6.34. The van der Waals surface area contributed by atoms with E-state index in [0.717, 1.165) is 0 Å². The predicted octanol–water partition coefficient (Wildman–Crippen LogP) is 3.02. The molecule has 1 N–H and O–H groups in total. The van der Waals surface area contributed by atoms with Gasteiger partial charge in [-0.15, -0.1) is 0 Å². The van der Waals surface area contributed by atoms with Crippen LogP contribution in [-0.2, 0) is 9.53 Å². The largest absolute Gasteiger partial charge is 0.490 e. The number of esters is 1. The Morgan fingerprint density at radius 1 is 1.12 bits per heavy atom. The van der Waals surface area contributed by atoms with E-state index in [9.17, 15) is 14.0 Å². The molecule has 128 valence electrons. The molecule has 1 aromatic carbocycles. The molecule has 0 aliphatic rings. The molecule has 1 aromatic heterocycles. The van der Waals surface area contributed by atoms with Crippen LogP contribution in [0.5, 0.6) is 5.75 Å². The molecule has 0 unspecified atom stereocenters. The average Bonchev–Trinajstić information content (AvgIpc) is 3.12. The first-order chi connectivity index (χ1) is 11.6. The Morgan fingerprint density at radius 2 is 1.92 bits per heavy atom. The third-order valence-electron chi connectivity index (χ3n) is 3.06. The van der Waals surface area contributed by atoms with Crippen LogP contribution in [0, 0.1) is 5.82 Å². The number of carbonyl (C=O) groups excluding carboxylic acids is 2. The SMILES string of the molecule is O=C(CCCNC(=O)c1ccsc1)OCCOc1ccc(F)cc1. The van der Waals surface area contributed by atoms with Gasteiger partial charge in [-0.2, -0.15) is 11.3 Å². The number of thiophene rings is 1. The van der Waals surface area contributed by atoms with Crippen LogP contribution in [0.15, 0.2) is 41.1 Å². The minimum absolute atomic E-state index is 0.122. The Bertz CT molecular complexity index is 643. The fourth-order valence-corrected chi connectivity index (χ4v) is 2.48. The van der Waals surface area contributed by atoms with Crippen LogP contribution in [0.25, 0.3) is 0 Å². The second-order valence-corrected chi connectivity index (χ2v) is 5.67. The number of halogens is 1. The van der Waals surface area contributed by atoms with Crippen LogP contribution in [0.2, 0.25) is 0 Å². The van der Waals surface area contributed by atoms with Gasteiger partial charge in [0.05, 0.1) is 0 Å². The van der Waals surface area contributed by atoms with E-state index in [-0.39, 0.29) is 37.3 Å². The summed E-state index contributed by atoms with van der Waals surface area (Å²) in [6.45, 7) is 0.736. The summed E-state index contributed by atoms with van der Waals surface area (Å²) in [4.78, 5) is 23.2. The van der Waals surface area contributed by atoms with Gasteiger partial charge >= 0.3 is 5.97 Å². The molecular formula is C17H18FNO4S. The second-order valence-electron chi connectivity index (χ2n) is 4.89. The summed E-state index contributed by atoms with van der Waals surface area (Å²) in [5.41, 5.74) is 0.625. The minimum Gasteiger partial charge on any atom is -0.490 e. The van der Waals surface area contributed by atoms with E-state index in [4.69, 9.17) is 9.47 Å². The van der Waals surface area contributed by atoms with E-state index in [2.05, 4.69) is 5.32 Å². The zero-order valence-corrected chi connectivity index (χ0v) is 13.8. The lowest BCUT2D eigenvalue weighted by Gasteiger charge is -2.07. The molecule has 0 fully saturated rings. The Morgan fingerprint density at radius 3 is 2.62 bits per heavy atom. The molecule has 0 saturated carbocycles. The molecule has 1 amide bonds. The zero-order chi connectivity index (χ0) is 17.2. The summed E-state index contributed by atoms with van der Waals surface area (Å²) in [6.07, 6.45) is 0.730. The Labute approximate surface area is 143 Å². The monoisotopic (exact) mass is 351 g/mol. The van der Waals surface area contributed by atoms with Crippen LogP contribution in [0.1, 0.15) is 23.2 Å². The van der Waals surface area contributed by atoms with Gasteiger partial charge in [0.25, 0.3) is 5.91 Å². The molecule has 2 aromatic rings. The average molecular weight is 351 g/mol. The number of nitrogens with one attached hydrogen (secondary N) is 1. The van der Waals surface area contributed by atoms with Crippen LogP contribution in [0.3, 0.4) is 0 Å². The first-order valence-electron chi connectivity index (χ1n) is 7.49. The van der Waals surface area contributed by atoms with Crippen molar-refractivity contribution in [3.05, 3.63) is 52.5 Å². The molecule has 0 bridgehead atoms. The van der Waals surface area contributed by atoms with E-state index < -0.39 is 0 Å². The van der Waals surface area contributed by atoms with Gasteiger partial charge in [-0.1, -0.05) is 0 Å². The van der Waals surface area contributed by atoms with Crippen molar-refractivity contribution in [2.24, 2.45) is 0 Å². The summed E-state index contributed by atoms with van der Waals surface area (Å²) in [5.74, 6) is -0.303. The van der Waals surface area contributed by atoms with E-state index in [0.29, 0.717) is 24.3 Å². The molecule has 0 aliphatic heterocycles. The zero-order valence-electron chi connectivity index (χ0n) is 13.0. The summed E-state index contributed by atoms with van der Waals surface area (Å²) in [6, 6.07) is 7.35. The lowest BCUT2D eigenvalue weighted by molar-refractivity contribution is -0.144. The number of ether oxygens (including phenoxy) is 2. The molecule has 7 heteroatoms. The van der Waals surface area contributed by atoms with Crippen LogP contribution in [0.4, 0.5) is 4.39 Å². The van der Waals surface area contributed by atoms with Crippen LogP contribution < -0.4 is 10.1 Å². The Kier molecular flexibility index (Phi) is 7.22. The Hall–Kier alpha value is -2.41. The molecule has 2 rings (SSSR count). The van der Waals surface area contributed by atoms with Crippen LogP contribution in [-0.4, -0.2) is 31.6 Å². The first kappa shape index (κ1) is 17.9. The lowest BCUT2D eigenvalue weighted by atomic mass is 10.3. The van der Waals surface area contributed by atoms with E-state index >= 15 is 0 Å².